The van der Waals surface area contributed by atoms with Crippen molar-refractivity contribution in [3.63, 3.8) is 0 Å². The topological polar surface area (TPSA) is 52.6 Å². The zero-order chi connectivity index (χ0) is 12.3. The SMILES string of the molecule is C[C@H](O)c1ccc(N2CCCNC(=O)C2)cc1. The highest BCUT2D eigenvalue weighted by Crippen LogP contribution is 2.19. The molecule has 4 heteroatoms. The van der Waals surface area contributed by atoms with E-state index >= 15 is 0 Å². The summed E-state index contributed by atoms with van der Waals surface area (Å²) in [6.07, 6.45) is 0.514. The number of hydrogen-bond acceptors (Lipinski definition) is 3. The van der Waals surface area contributed by atoms with Crippen LogP contribution in [0, 0.1) is 0 Å². The van der Waals surface area contributed by atoms with E-state index in [9.17, 15) is 9.90 Å². The lowest BCUT2D eigenvalue weighted by atomic mass is 10.1. The van der Waals surface area contributed by atoms with Gasteiger partial charge in [-0.05, 0) is 31.0 Å². The second-order valence-electron chi connectivity index (χ2n) is 4.39. The Morgan fingerprint density at radius 2 is 2.06 bits per heavy atom. The van der Waals surface area contributed by atoms with Gasteiger partial charge < -0.3 is 15.3 Å². The number of nitrogens with one attached hydrogen (secondary N) is 1. The normalized spacial score (nSPS) is 18.5. The van der Waals surface area contributed by atoms with Gasteiger partial charge in [0.15, 0.2) is 0 Å². The molecule has 0 saturated carbocycles. The van der Waals surface area contributed by atoms with Crippen LogP contribution in [0.1, 0.15) is 25.0 Å². The molecule has 1 saturated heterocycles. The van der Waals surface area contributed by atoms with Crippen molar-refractivity contribution in [1.29, 1.82) is 0 Å². The van der Waals surface area contributed by atoms with Crippen LogP contribution in [-0.4, -0.2) is 30.6 Å². The molecule has 2 N–H and O–H groups in total. The monoisotopic (exact) mass is 234 g/mol. The van der Waals surface area contributed by atoms with Gasteiger partial charge in [0, 0.05) is 18.8 Å². The van der Waals surface area contributed by atoms with Gasteiger partial charge in [-0.15, -0.1) is 0 Å². The van der Waals surface area contributed by atoms with E-state index in [1.54, 1.807) is 6.92 Å². The molecule has 1 aliphatic heterocycles. The Labute approximate surface area is 101 Å². The van der Waals surface area contributed by atoms with Gasteiger partial charge in [0.05, 0.1) is 12.6 Å². The Bertz CT molecular complexity index is 387. The molecule has 0 aromatic heterocycles. The number of rotatable bonds is 2. The predicted molar refractivity (Wildman–Crippen MR) is 66.9 cm³/mol. The Morgan fingerprint density at radius 3 is 2.71 bits per heavy atom. The molecule has 1 fully saturated rings. The number of carbonyl (C=O) groups excluding carboxylic acids is 1. The minimum Gasteiger partial charge on any atom is -0.389 e. The number of aliphatic hydroxyl groups excluding tert-OH is 1. The van der Waals surface area contributed by atoms with Crippen molar-refractivity contribution < 1.29 is 9.90 Å². The summed E-state index contributed by atoms with van der Waals surface area (Å²) in [6.45, 7) is 3.79. The van der Waals surface area contributed by atoms with E-state index in [0.29, 0.717) is 6.54 Å². The second kappa shape index (κ2) is 5.19. The first kappa shape index (κ1) is 11.9. The van der Waals surface area contributed by atoms with Gasteiger partial charge in [-0.3, -0.25) is 4.79 Å². The molecule has 0 spiro atoms. The number of amides is 1. The fraction of sp³-hybridized carbons (Fsp3) is 0.462. The largest absolute Gasteiger partial charge is 0.389 e. The molecule has 17 heavy (non-hydrogen) atoms. The fourth-order valence-electron chi connectivity index (χ4n) is 1.99. The lowest BCUT2D eigenvalue weighted by molar-refractivity contribution is -0.119. The molecule has 0 unspecified atom stereocenters. The van der Waals surface area contributed by atoms with Crippen molar-refractivity contribution in [1.82, 2.24) is 5.32 Å². The average Bonchev–Trinajstić information content (AvgIpc) is 2.54. The molecule has 0 radical (unpaired) electrons. The molecule has 1 aromatic rings. The number of carbonyl (C=O) groups is 1. The van der Waals surface area contributed by atoms with Crippen LogP contribution in [0.5, 0.6) is 0 Å². The smallest absolute Gasteiger partial charge is 0.239 e. The number of hydrogen-bond donors (Lipinski definition) is 2. The third kappa shape index (κ3) is 2.97. The van der Waals surface area contributed by atoms with Crippen molar-refractivity contribution in [3.05, 3.63) is 29.8 Å². The van der Waals surface area contributed by atoms with Crippen LogP contribution in [-0.2, 0) is 4.79 Å². The zero-order valence-corrected chi connectivity index (χ0v) is 10.0. The molecule has 0 aliphatic carbocycles. The van der Waals surface area contributed by atoms with Crippen LogP contribution in [0.2, 0.25) is 0 Å². The van der Waals surface area contributed by atoms with Crippen LogP contribution in [0.15, 0.2) is 24.3 Å². The molecular formula is C13H18N2O2. The molecule has 1 heterocycles. The first-order valence-corrected chi connectivity index (χ1v) is 5.96. The quantitative estimate of drug-likeness (QED) is 0.804. The van der Waals surface area contributed by atoms with Crippen LogP contribution < -0.4 is 10.2 Å². The fourth-order valence-corrected chi connectivity index (χ4v) is 1.99. The van der Waals surface area contributed by atoms with E-state index in [0.717, 1.165) is 30.8 Å². The molecule has 4 nitrogen and oxygen atoms in total. The predicted octanol–water partition coefficient (Wildman–Crippen LogP) is 1.07. The summed E-state index contributed by atoms with van der Waals surface area (Å²) < 4.78 is 0. The Kier molecular flexibility index (Phi) is 3.64. The van der Waals surface area contributed by atoms with Crippen molar-refractivity contribution in [2.75, 3.05) is 24.5 Å². The third-order valence-electron chi connectivity index (χ3n) is 3.00. The maximum absolute atomic E-state index is 11.4. The first-order valence-electron chi connectivity index (χ1n) is 5.96. The number of aliphatic hydroxyl groups is 1. The van der Waals surface area contributed by atoms with Gasteiger partial charge in [-0.1, -0.05) is 12.1 Å². The summed E-state index contributed by atoms with van der Waals surface area (Å²) >= 11 is 0. The summed E-state index contributed by atoms with van der Waals surface area (Å²) in [7, 11) is 0. The van der Waals surface area contributed by atoms with Crippen molar-refractivity contribution in [3.8, 4) is 0 Å². The van der Waals surface area contributed by atoms with Gasteiger partial charge >= 0.3 is 0 Å². The van der Waals surface area contributed by atoms with Crippen molar-refractivity contribution in [2.45, 2.75) is 19.4 Å². The minimum absolute atomic E-state index is 0.0714. The summed E-state index contributed by atoms with van der Waals surface area (Å²) in [4.78, 5) is 13.5. The van der Waals surface area contributed by atoms with Gasteiger partial charge in [0.1, 0.15) is 0 Å². The van der Waals surface area contributed by atoms with Crippen LogP contribution in [0.3, 0.4) is 0 Å². The van der Waals surface area contributed by atoms with Crippen LogP contribution in [0.4, 0.5) is 5.69 Å². The lowest BCUT2D eigenvalue weighted by Gasteiger charge is -2.21. The van der Waals surface area contributed by atoms with Gasteiger partial charge in [0.2, 0.25) is 5.91 Å². The summed E-state index contributed by atoms with van der Waals surface area (Å²) in [5.74, 6) is 0.0714. The van der Waals surface area contributed by atoms with Crippen LogP contribution >= 0.6 is 0 Å². The molecule has 1 aromatic carbocycles. The summed E-state index contributed by atoms with van der Waals surface area (Å²) in [5, 5.41) is 12.3. The Morgan fingerprint density at radius 1 is 1.35 bits per heavy atom. The molecule has 1 amide bonds. The van der Waals surface area contributed by atoms with Crippen molar-refractivity contribution in [2.24, 2.45) is 0 Å². The van der Waals surface area contributed by atoms with E-state index in [1.165, 1.54) is 0 Å². The molecule has 0 bridgehead atoms. The standard InChI is InChI=1S/C13H18N2O2/c1-10(16)11-3-5-12(6-4-11)15-8-2-7-14-13(17)9-15/h3-6,10,16H,2,7-9H2,1H3,(H,14,17)/t10-/m0/s1. The molecule has 2 rings (SSSR count). The first-order chi connectivity index (χ1) is 8.16. The summed E-state index contributed by atoms with van der Waals surface area (Å²) in [6, 6.07) is 7.73. The van der Waals surface area contributed by atoms with Crippen molar-refractivity contribution >= 4 is 11.6 Å². The Balaban J connectivity index is 2.12. The van der Waals surface area contributed by atoms with E-state index in [1.807, 2.05) is 24.3 Å². The molecule has 1 atom stereocenters. The zero-order valence-electron chi connectivity index (χ0n) is 10.0. The lowest BCUT2D eigenvalue weighted by Crippen LogP contribution is -2.32. The second-order valence-corrected chi connectivity index (χ2v) is 4.39. The van der Waals surface area contributed by atoms with Crippen LogP contribution in [0.25, 0.3) is 0 Å². The molecule has 1 aliphatic rings. The van der Waals surface area contributed by atoms with Gasteiger partial charge in [-0.2, -0.15) is 0 Å². The van der Waals surface area contributed by atoms with Gasteiger partial charge in [-0.25, -0.2) is 0 Å². The van der Waals surface area contributed by atoms with E-state index in [-0.39, 0.29) is 5.91 Å². The van der Waals surface area contributed by atoms with E-state index in [4.69, 9.17) is 0 Å². The number of anilines is 1. The highest BCUT2D eigenvalue weighted by molar-refractivity contribution is 5.81. The maximum Gasteiger partial charge on any atom is 0.239 e. The number of benzene rings is 1. The van der Waals surface area contributed by atoms with Gasteiger partial charge in [0.25, 0.3) is 0 Å². The highest BCUT2D eigenvalue weighted by atomic mass is 16.3. The minimum atomic E-state index is -0.448. The van der Waals surface area contributed by atoms with E-state index < -0.39 is 6.10 Å². The third-order valence-corrected chi connectivity index (χ3v) is 3.00. The number of nitrogens with zero attached hydrogens (tertiary/aromatic N) is 1. The Hall–Kier alpha value is -1.55. The van der Waals surface area contributed by atoms with E-state index in [2.05, 4.69) is 10.2 Å². The molecular weight excluding hydrogens is 216 g/mol. The molecule has 92 valence electrons. The highest BCUT2D eigenvalue weighted by Gasteiger charge is 2.14. The summed E-state index contributed by atoms with van der Waals surface area (Å²) in [5.41, 5.74) is 1.93. The average molecular weight is 234 g/mol. The maximum atomic E-state index is 11.4.